The third-order valence-corrected chi connectivity index (χ3v) is 5.36. The number of benzene rings is 1. The Morgan fingerprint density at radius 3 is 2.58 bits per heavy atom. The van der Waals surface area contributed by atoms with Crippen molar-refractivity contribution in [2.75, 3.05) is 37.7 Å². The second kappa shape index (κ2) is 8.52. The first kappa shape index (κ1) is 17.3. The van der Waals surface area contributed by atoms with Gasteiger partial charge < -0.3 is 14.5 Å². The molecule has 132 valence electrons. The largest absolute Gasteiger partial charge is 0.378 e. The molecule has 4 nitrogen and oxygen atoms in total. The highest BCUT2D eigenvalue weighted by Gasteiger charge is 2.24. The number of hydrogen-bond acceptors (Lipinski definition) is 3. The molecule has 1 atom stereocenters. The van der Waals surface area contributed by atoms with Crippen molar-refractivity contribution in [3.8, 4) is 0 Å². The van der Waals surface area contributed by atoms with E-state index in [0.717, 1.165) is 52.1 Å². The second-order valence-corrected chi connectivity index (χ2v) is 6.91. The summed E-state index contributed by atoms with van der Waals surface area (Å²) in [5, 5.41) is 0. The lowest BCUT2D eigenvalue weighted by molar-refractivity contribution is -0.134. The first-order chi connectivity index (χ1) is 11.8. The summed E-state index contributed by atoms with van der Waals surface area (Å²) < 4.78 is 5.40. The van der Waals surface area contributed by atoms with E-state index in [1.807, 2.05) is 0 Å². The van der Waals surface area contributed by atoms with Crippen LogP contribution in [0.15, 0.2) is 24.3 Å². The first-order valence-corrected chi connectivity index (χ1v) is 9.49. The molecule has 1 amide bonds. The van der Waals surface area contributed by atoms with Crippen molar-refractivity contribution in [1.29, 1.82) is 0 Å². The standard InChI is InChI=1S/C20H30N2O2/c1-2-18-5-3-4-12-22(18)20(23)11-8-17-6-9-19(10-7-17)21-13-15-24-16-14-21/h6-7,9-10,18H,2-5,8,11-16H2,1H3. The number of aryl methyl sites for hydroxylation is 1. The van der Waals surface area contributed by atoms with E-state index in [-0.39, 0.29) is 0 Å². The Morgan fingerprint density at radius 1 is 1.12 bits per heavy atom. The molecule has 1 aromatic rings. The Bertz CT molecular complexity index is 523. The molecule has 2 heterocycles. The normalized spacial score (nSPS) is 21.8. The van der Waals surface area contributed by atoms with E-state index in [1.165, 1.54) is 24.1 Å². The minimum atomic E-state index is 0.332. The minimum Gasteiger partial charge on any atom is -0.378 e. The zero-order valence-corrected chi connectivity index (χ0v) is 14.9. The number of amides is 1. The van der Waals surface area contributed by atoms with Gasteiger partial charge in [-0.1, -0.05) is 19.1 Å². The highest BCUT2D eigenvalue weighted by atomic mass is 16.5. The van der Waals surface area contributed by atoms with E-state index < -0.39 is 0 Å². The molecule has 0 bridgehead atoms. The monoisotopic (exact) mass is 330 g/mol. The molecule has 3 rings (SSSR count). The Labute approximate surface area is 145 Å². The molecule has 0 radical (unpaired) electrons. The average molecular weight is 330 g/mol. The number of carbonyl (C=O) groups excluding carboxylic acids is 1. The number of likely N-dealkylation sites (tertiary alicyclic amines) is 1. The van der Waals surface area contributed by atoms with Gasteiger partial charge in [0, 0.05) is 37.8 Å². The van der Waals surface area contributed by atoms with Crippen LogP contribution < -0.4 is 4.90 Å². The third kappa shape index (κ3) is 4.29. The van der Waals surface area contributed by atoms with E-state index in [4.69, 9.17) is 4.74 Å². The van der Waals surface area contributed by atoms with Crippen LogP contribution in [-0.2, 0) is 16.0 Å². The van der Waals surface area contributed by atoms with Gasteiger partial charge in [0.05, 0.1) is 13.2 Å². The van der Waals surface area contributed by atoms with Crippen LogP contribution in [0.2, 0.25) is 0 Å². The lowest BCUT2D eigenvalue weighted by atomic mass is 9.99. The van der Waals surface area contributed by atoms with E-state index in [1.54, 1.807) is 0 Å². The van der Waals surface area contributed by atoms with Gasteiger partial charge in [0.15, 0.2) is 0 Å². The Balaban J connectivity index is 1.51. The van der Waals surface area contributed by atoms with Crippen LogP contribution in [-0.4, -0.2) is 49.7 Å². The highest BCUT2D eigenvalue weighted by Crippen LogP contribution is 2.21. The Kier molecular flexibility index (Phi) is 6.13. The van der Waals surface area contributed by atoms with Gasteiger partial charge in [-0.2, -0.15) is 0 Å². The first-order valence-electron chi connectivity index (χ1n) is 9.49. The maximum absolute atomic E-state index is 12.6. The molecule has 4 heteroatoms. The van der Waals surface area contributed by atoms with Crippen LogP contribution in [0.4, 0.5) is 5.69 Å². The van der Waals surface area contributed by atoms with Crippen molar-refractivity contribution in [3.63, 3.8) is 0 Å². The number of nitrogens with zero attached hydrogens (tertiary/aromatic N) is 2. The third-order valence-electron chi connectivity index (χ3n) is 5.36. The van der Waals surface area contributed by atoms with Crippen molar-refractivity contribution in [1.82, 2.24) is 4.90 Å². The van der Waals surface area contributed by atoms with Crippen molar-refractivity contribution >= 4 is 11.6 Å². The van der Waals surface area contributed by atoms with Gasteiger partial charge >= 0.3 is 0 Å². The quantitative estimate of drug-likeness (QED) is 0.831. The van der Waals surface area contributed by atoms with E-state index in [9.17, 15) is 4.79 Å². The number of ether oxygens (including phenoxy) is 1. The number of anilines is 1. The number of hydrogen-bond donors (Lipinski definition) is 0. The van der Waals surface area contributed by atoms with Crippen LogP contribution in [0.25, 0.3) is 0 Å². The summed E-state index contributed by atoms with van der Waals surface area (Å²) in [6, 6.07) is 9.17. The van der Waals surface area contributed by atoms with Gasteiger partial charge in [0.2, 0.25) is 5.91 Å². The molecule has 1 unspecified atom stereocenters. The molecule has 1 aromatic carbocycles. The maximum atomic E-state index is 12.6. The van der Waals surface area contributed by atoms with Crippen LogP contribution >= 0.6 is 0 Å². The molecule has 0 spiro atoms. The number of piperidine rings is 1. The van der Waals surface area contributed by atoms with Crippen LogP contribution in [0.5, 0.6) is 0 Å². The summed E-state index contributed by atoms with van der Waals surface area (Å²) in [5.41, 5.74) is 2.51. The van der Waals surface area contributed by atoms with Gasteiger partial charge in [-0.3, -0.25) is 4.79 Å². The summed E-state index contributed by atoms with van der Waals surface area (Å²) in [6.07, 6.45) is 6.17. The van der Waals surface area contributed by atoms with Gasteiger partial charge in [-0.05, 0) is 49.8 Å². The summed E-state index contributed by atoms with van der Waals surface area (Å²) in [6.45, 7) is 6.69. The fourth-order valence-electron chi connectivity index (χ4n) is 3.84. The van der Waals surface area contributed by atoms with Gasteiger partial charge in [0.25, 0.3) is 0 Å². The van der Waals surface area contributed by atoms with Crippen molar-refractivity contribution in [3.05, 3.63) is 29.8 Å². The molecular formula is C20H30N2O2. The molecule has 2 saturated heterocycles. The molecule has 0 aromatic heterocycles. The zero-order chi connectivity index (χ0) is 16.8. The summed E-state index contributed by atoms with van der Waals surface area (Å²) >= 11 is 0. The molecule has 2 aliphatic rings. The zero-order valence-electron chi connectivity index (χ0n) is 14.9. The number of rotatable bonds is 5. The second-order valence-electron chi connectivity index (χ2n) is 6.91. The lowest BCUT2D eigenvalue weighted by Gasteiger charge is -2.35. The molecule has 0 N–H and O–H groups in total. The topological polar surface area (TPSA) is 32.8 Å². The molecule has 2 aliphatic heterocycles. The fourth-order valence-corrected chi connectivity index (χ4v) is 3.84. The predicted octanol–water partition coefficient (Wildman–Crippen LogP) is 3.25. The van der Waals surface area contributed by atoms with Crippen LogP contribution in [0, 0.1) is 0 Å². The Hall–Kier alpha value is -1.55. The molecule has 0 saturated carbocycles. The van der Waals surface area contributed by atoms with Gasteiger partial charge in [-0.15, -0.1) is 0 Å². The van der Waals surface area contributed by atoms with Crippen LogP contribution in [0.3, 0.4) is 0 Å². The molecule has 0 aliphatic carbocycles. The van der Waals surface area contributed by atoms with Gasteiger partial charge in [-0.25, -0.2) is 0 Å². The summed E-state index contributed by atoms with van der Waals surface area (Å²) in [4.78, 5) is 17.0. The van der Waals surface area contributed by atoms with Crippen molar-refractivity contribution in [2.24, 2.45) is 0 Å². The minimum absolute atomic E-state index is 0.332. The molecule has 24 heavy (non-hydrogen) atoms. The maximum Gasteiger partial charge on any atom is 0.223 e. The average Bonchev–Trinajstić information content (AvgIpc) is 2.67. The molecule has 2 fully saturated rings. The van der Waals surface area contributed by atoms with E-state index in [0.29, 0.717) is 18.4 Å². The lowest BCUT2D eigenvalue weighted by Crippen LogP contribution is -2.43. The van der Waals surface area contributed by atoms with Gasteiger partial charge in [0.1, 0.15) is 0 Å². The number of morpholine rings is 1. The summed E-state index contributed by atoms with van der Waals surface area (Å²) in [5.74, 6) is 0.332. The van der Waals surface area contributed by atoms with Crippen molar-refractivity contribution in [2.45, 2.75) is 51.5 Å². The smallest absolute Gasteiger partial charge is 0.223 e. The van der Waals surface area contributed by atoms with Crippen LogP contribution in [0.1, 0.15) is 44.6 Å². The SMILES string of the molecule is CCC1CCCCN1C(=O)CCc1ccc(N2CCOCC2)cc1. The molecular weight excluding hydrogens is 300 g/mol. The highest BCUT2D eigenvalue weighted by molar-refractivity contribution is 5.77. The number of carbonyl (C=O) groups is 1. The fraction of sp³-hybridized carbons (Fsp3) is 0.650. The van der Waals surface area contributed by atoms with Crippen molar-refractivity contribution < 1.29 is 9.53 Å². The predicted molar refractivity (Wildman–Crippen MR) is 97.4 cm³/mol. The van der Waals surface area contributed by atoms with E-state index >= 15 is 0 Å². The van der Waals surface area contributed by atoms with E-state index in [2.05, 4.69) is 41.0 Å². The summed E-state index contributed by atoms with van der Waals surface area (Å²) in [7, 11) is 0. The Morgan fingerprint density at radius 2 is 1.88 bits per heavy atom.